The Morgan fingerprint density at radius 2 is 2.36 bits per heavy atom. The summed E-state index contributed by atoms with van der Waals surface area (Å²) in [4.78, 5) is 0. The maximum absolute atomic E-state index is 5.88. The van der Waals surface area contributed by atoms with Crippen molar-refractivity contribution in [2.75, 3.05) is 6.61 Å². The van der Waals surface area contributed by atoms with Gasteiger partial charge in [0.15, 0.2) is 0 Å². The van der Waals surface area contributed by atoms with Crippen molar-refractivity contribution < 1.29 is 4.74 Å². The molecular formula is C12H13ClO. The monoisotopic (exact) mass is 208 g/mol. The van der Waals surface area contributed by atoms with Crippen LogP contribution in [-0.4, -0.2) is 12.7 Å². The summed E-state index contributed by atoms with van der Waals surface area (Å²) in [5, 5.41) is 0.777. The molecule has 14 heavy (non-hydrogen) atoms. The molecule has 2 heteroatoms. The standard InChI is InChI=1S/C12H13ClO/c13-11-4-1-3-10(9-11)6-7-12-5-2-8-14-12/h1,3-4,6-7,9,12H,2,5,8H2/b7-6+. The van der Waals surface area contributed by atoms with Gasteiger partial charge in [0.2, 0.25) is 0 Å². The number of hydrogen-bond acceptors (Lipinski definition) is 1. The third-order valence-corrected chi connectivity index (χ3v) is 2.55. The van der Waals surface area contributed by atoms with Gasteiger partial charge < -0.3 is 4.74 Å². The van der Waals surface area contributed by atoms with E-state index < -0.39 is 0 Å². The van der Waals surface area contributed by atoms with Crippen molar-refractivity contribution >= 4 is 17.7 Å². The van der Waals surface area contributed by atoms with Gasteiger partial charge in [-0.25, -0.2) is 0 Å². The van der Waals surface area contributed by atoms with Gasteiger partial charge in [0.25, 0.3) is 0 Å². The zero-order valence-corrected chi connectivity index (χ0v) is 8.70. The molecule has 0 bridgehead atoms. The van der Waals surface area contributed by atoms with Crippen LogP contribution in [0.25, 0.3) is 6.08 Å². The Hall–Kier alpha value is -0.790. The van der Waals surface area contributed by atoms with Crippen LogP contribution < -0.4 is 0 Å². The first-order valence-corrected chi connectivity index (χ1v) is 5.28. The molecule has 1 saturated heterocycles. The highest BCUT2D eigenvalue weighted by Gasteiger charge is 2.10. The first-order chi connectivity index (χ1) is 6.84. The van der Waals surface area contributed by atoms with E-state index in [0.29, 0.717) is 6.10 Å². The summed E-state index contributed by atoms with van der Waals surface area (Å²) >= 11 is 5.88. The predicted octanol–water partition coefficient (Wildman–Crippen LogP) is 3.53. The van der Waals surface area contributed by atoms with E-state index in [2.05, 4.69) is 12.2 Å². The summed E-state index contributed by atoms with van der Waals surface area (Å²) in [7, 11) is 0. The van der Waals surface area contributed by atoms with Gasteiger partial charge >= 0.3 is 0 Å². The van der Waals surface area contributed by atoms with Gasteiger partial charge in [-0.3, -0.25) is 0 Å². The average molecular weight is 209 g/mol. The third-order valence-electron chi connectivity index (χ3n) is 2.32. The number of benzene rings is 1. The van der Waals surface area contributed by atoms with Crippen LogP contribution >= 0.6 is 11.6 Å². The molecule has 0 amide bonds. The van der Waals surface area contributed by atoms with Gasteiger partial charge in [0.1, 0.15) is 0 Å². The molecule has 1 aliphatic rings. The van der Waals surface area contributed by atoms with Crippen molar-refractivity contribution in [1.82, 2.24) is 0 Å². The minimum Gasteiger partial charge on any atom is -0.374 e. The normalized spacial score (nSPS) is 21.9. The molecule has 1 nitrogen and oxygen atoms in total. The molecule has 1 unspecified atom stereocenters. The number of hydrogen-bond donors (Lipinski definition) is 0. The maximum Gasteiger partial charge on any atom is 0.0759 e. The fourth-order valence-electron chi connectivity index (χ4n) is 1.58. The Kier molecular flexibility index (Phi) is 3.22. The summed E-state index contributed by atoms with van der Waals surface area (Å²) in [6, 6.07) is 7.83. The van der Waals surface area contributed by atoms with Crippen molar-refractivity contribution in [3.8, 4) is 0 Å². The minimum atomic E-state index is 0.300. The summed E-state index contributed by atoms with van der Waals surface area (Å²) in [5.41, 5.74) is 1.13. The van der Waals surface area contributed by atoms with E-state index >= 15 is 0 Å². The molecule has 74 valence electrons. The first-order valence-electron chi connectivity index (χ1n) is 4.90. The van der Waals surface area contributed by atoms with Crippen molar-refractivity contribution in [3.63, 3.8) is 0 Å². The second-order valence-corrected chi connectivity index (χ2v) is 3.90. The van der Waals surface area contributed by atoms with Crippen LogP contribution in [-0.2, 0) is 4.74 Å². The smallest absolute Gasteiger partial charge is 0.0759 e. The van der Waals surface area contributed by atoms with Crippen LogP contribution in [0.4, 0.5) is 0 Å². The Morgan fingerprint density at radius 3 is 3.07 bits per heavy atom. The third kappa shape index (κ3) is 2.60. The predicted molar refractivity (Wildman–Crippen MR) is 59.5 cm³/mol. The molecular weight excluding hydrogens is 196 g/mol. The first kappa shape index (κ1) is 9.75. The van der Waals surface area contributed by atoms with E-state index in [-0.39, 0.29) is 0 Å². The van der Waals surface area contributed by atoms with E-state index in [1.54, 1.807) is 0 Å². The van der Waals surface area contributed by atoms with Gasteiger partial charge in [-0.15, -0.1) is 0 Å². The quantitative estimate of drug-likeness (QED) is 0.723. The highest BCUT2D eigenvalue weighted by Crippen LogP contribution is 2.16. The zero-order valence-electron chi connectivity index (χ0n) is 7.95. The average Bonchev–Trinajstić information content (AvgIpc) is 2.67. The van der Waals surface area contributed by atoms with Gasteiger partial charge in [-0.2, -0.15) is 0 Å². The minimum absolute atomic E-state index is 0.300. The van der Waals surface area contributed by atoms with Crippen molar-refractivity contribution in [2.24, 2.45) is 0 Å². The molecule has 1 aliphatic heterocycles. The molecule has 0 aromatic heterocycles. The van der Waals surface area contributed by atoms with E-state index in [1.165, 1.54) is 6.42 Å². The van der Waals surface area contributed by atoms with Crippen LogP contribution in [0.1, 0.15) is 18.4 Å². The number of rotatable bonds is 2. The van der Waals surface area contributed by atoms with Crippen LogP contribution in [0.5, 0.6) is 0 Å². The fourth-order valence-corrected chi connectivity index (χ4v) is 1.78. The SMILES string of the molecule is Clc1cccc(/C=C/C2CCCO2)c1. The van der Waals surface area contributed by atoms with E-state index in [9.17, 15) is 0 Å². The molecule has 1 aromatic carbocycles. The van der Waals surface area contributed by atoms with Gasteiger partial charge in [-0.1, -0.05) is 35.9 Å². The molecule has 1 aromatic rings. The Bertz CT molecular complexity index is 327. The lowest BCUT2D eigenvalue weighted by atomic mass is 10.1. The van der Waals surface area contributed by atoms with Crippen LogP contribution in [0.3, 0.4) is 0 Å². The number of ether oxygens (including phenoxy) is 1. The van der Waals surface area contributed by atoms with Crippen molar-refractivity contribution in [3.05, 3.63) is 40.9 Å². The fraction of sp³-hybridized carbons (Fsp3) is 0.333. The summed E-state index contributed by atoms with van der Waals surface area (Å²) in [5.74, 6) is 0. The maximum atomic E-state index is 5.88. The Balaban J connectivity index is 2.02. The lowest BCUT2D eigenvalue weighted by Gasteiger charge is -2.01. The van der Waals surface area contributed by atoms with Gasteiger partial charge in [0, 0.05) is 11.6 Å². The Morgan fingerprint density at radius 1 is 1.43 bits per heavy atom. The second kappa shape index (κ2) is 4.63. The molecule has 1 fully saturated rings. The molecule has 0 N–H and O–H groups in total. The highest BCUT2D eigenvalue weighted by atomic mass is 35.5. The summed E-state index contributed by atoms with van der Waals surface area (Å²) in [6.45, 7) is 0.893. The largest absolute Gasteiger partial charge is 0.374 e. The molecule has 0 spiro atoms. The highest BCUT2D eigenvalue weighted by molar-refractivity contribution is 6.30. The lowest BCUT2D eigenvalue weighted by Crippen LogP contribution is -1.98. The number of halogens is 1. The second-order valence-electron chi connectivity index (χ2n) is 3.47. The molecule has 0 radical (unpaired) electrons. The molecule has 1 atom stereocenters. The van der Waals surface area contributed by atoms with Crippen LogP contribution in [0.2, 0.25) is 5.02 Å². The molecule has 0 aliphatic carbocycles. The van der Waals surface area contributed by atoms with Crippen LogP contribution in [0.15, 0.2) is 30.3 Å². The van der Waals surface area contributed by atoms with Crippen LogP contribution in [0, 0.1) is 0 Å². The summed E-state index contributed by atoms with van der Waals surface area (Å²) < 4.78 is 5.49. The zero-order chi connectivity index (χ0) is 9.80. The van der Waals surface area contributed by atoms with Crippen molar-refractivity contribution in [2.45, 2.75) is 18.9 Å². The van der Waals surface area contributed by atoms with Crippen molar-refractivity contribution in [1.29, 1.82) is 0 Å². The van der Waals surface area contributed by atoms with Gasteiger partial charge in [-0.05, 0) is 30.5 Å². The lowest BCUT2D eigenvalue weighted by molar-refractivity contribution is 0.146. The molecule has 2 rings (SSSR count). The molecule has 0 saturated carbocycles. The van der Waals surface area contributed by atoms with E-state index in [0.717, 1.165) is 23.6 Å². The van der Waals surface area contributed by atoms with Gasteiger partial charge in [0.05, 0.1) is 6.10 Å². The van der Waals surface area contributed by atoms with E-state index in [4.69, 9.17) is 16.3 Å². The topological polar surface area (TPSA) is 9.23 Å². The van der Waals surface area contributed by atoms with E-state index in [1.807, 2.05) is 24.3 Å². The summed E-state index contributed by atoms with van der Waals surface area (Å²) in [6.07, 6.45) is 6.79. The molecule has 1 heterocycles. The Labute approximate surface area is 89.3 Å².